The summed E-state index contributed by atoms with van der Waals surface area (Å²) in [6.45, 7) is 5.62. The standard InChI is InChI=1S/C19H27Br2F3N4O2S/c1-3-31(27-8-4-7-25(2)11-12-27)17-14-15(28(29)30)13-16(19(22,23)24)18(17)26(9-5-20)10-6-21/h3,13-14H,4-12H2,1-2H3. The molecule has 0 spiro atoms. The van der Waals surface area contributed by atoms with Crippen LogP contribution in [0, 0.1) is 10.1 Å². The summed E-state index contributed by atoms with van der Waals surface area (Å²) >= 11 is 6.67. The third-order valence-electron chi connectivity index (χ3n) is 5.01. The predicted molar refractivity (Wildman–Crippen MR) is 129 cm³/mol. The summed E-state index contributed by atoms with van der Waals surface area (Å²) in [5.41, 5.74) is -1.45. The van der Waals surface area contributed by atoms with Crippen molar-refractivity contribution in [3.63, 3.8) is 0 Å². The highest BCUT2D eigenvalue weighted by Gasteiger charge is 2.39. The molecule has 176 valence electrons. The minimum atomic E-state index is -4.71. The maximum Gasteiger partial charge on any atom is 0.418 e. The fourth-order valence-corrected chi connectivity index (χ4v) is 6.54. The van der Waals surface area contributed by atoms with Gasteiger partial charge in [0.2, 0.25) is 0 Å². The molecule has 0 amide bonds. The number of hydrogen-bond acceptors (Lipinski definition) is 5. The number of nitro benzene ring substituents is 1. The number of alkyl halides is 5. The molecule has 0 bridgehead atoms. The lowest BCUT2D eigenvalue weighted by Gasteiger charge is -2.33. The van der Waals surface area contributed by atoms with Gasteiger partial charge in [0.1, 0.15) is 0 Å². The molecule has 0 saturated carbocycles. The van der Waals surface area contributed by atoms with Crippen molar-refractivity contribution < 1.29 is 18.1 Å². The second-order valence-electron chi connectivity index (χ2n) is 7.10. The summed E-state index contributed by atoms with van der Waals surface area (Å²) in [4.78, 5) is 15.0. The highest BCUT2D eigenvalue weighted by atomic mass is 79.9. The van der Waals surface area contributed by atoms with Crippen LogP contribution in [-0.4, -0.2) is 76.5 Å². The quantitative estimate of drug-likeness (QED) is 0.180. The van der Waals surface area contributed by atoms with Crippen molar-refractivity contribution in [1.82, 2.24) is 9.21 Å². The Morgan fingerprint density at radius 1 is 1.19 bits per heavy atom. The van der Waals surface area contributed by atoms with Gasteiger partial charge in [-0.15, -0.1) is 0 Å². The summed E-state index contributed by atoms with van der Waals surface area (Å²) in [5, 5.41) is 14.4. The largest absolute Gasteiger partial charge is 0.418 e. The van der Waals surface area contributed by atoms with Crippen LogP contribution >= 0.6 is 42.5 Å². The molecule has 1 saturated heterocycles. The lowest BCUT2D eigenvalue weighted by molar-refractivity contribution is -0.385. The fraction of sp³-hybridized carbons (Fsp3) is 0.632. The molecule has 0 N–H and O–H groups in total. The van der Waals surface area contributed by atoms with E-state index in [1.165, 1.54) is 6.07 Å². The average molecular weight is 592 g/mol. The Kier molecular flexibility index (Phi) is 10.3. The maximum atomic E-state index is 14.1. The molecule has 12 heteroatoms. The number of halogens is 5. The Bertz CT molecular complexity index is 805. The van der Waals surface area contributed by atoms with E-state index in [1.54, 1.807) is 4.90 Å². The normalized spacial score (nSPS) is 17.5. The number of rotatable bonds is 8. The van der Waals surface area contributed by atoms with Gasteiger partial charge in [0.15, 0.2) is 0 Å². The topological polar surface area (TPSA) is 52.9 Å². The number of nitrogens with zero attached hydrogens (tertiary/aromatic N) is 4. The van der Waals surface area contributed by atoms with Gasteiger partial charge < -0.3 is 9.80 Å². The number of likely N-dealkylation sites (N-methyl/N-ethyl adjacent to an activating group) is 1. The number of non-ortho nitro benzene ring substituents is 1. The maximum absolute atomic E-state index is 14.1. The molecule has 0 aliphatic carbocycles. The molecule has 31 heavy (non-hydrogen) atoms. The highest BCUT2D eigenvalue weighted by molar-refractivity contribution is 9.09. The lowest BCUT2D eigenvalue weighted by atomic mass is 10.1. The molecule has 1 aliphatic heterocycles. The van der Waals surface area contributed by atoms with Crippen LogP contribution in [0.1, 0.15) is 18.9 Å². The summed E-state index contributed by atoms with van der Waals surface area (Å²) < 4.78 is 44.6. The fourth-order valence-electron chi connectivity index (χ4n) is 3.57. The van der Waals surface area contributed by atoms with Crippen LogP contribution < -0.4 is 4.90 Å². The second-order valence-corrected chi connectivity index (χ2v) is 10.7. The Labute approximate surface area is 200 Å². The van der Waals surface area contributed by atoms with Crippen LogP contribution in [0.4, 0.5) is 24.5 Å². The van der Waals surface area contributed by atoms with Crippen LogP contribution in [-0.2, 0) is 6.18 Å². The van der Waals surface area contributed by atoms with E-state index in [4.69, 9.17) is 0 Å². The van der Waals surface area contributed by atoms with Gasteiger partial charge in [-0.2, -0.15) is 13.2 Å². The van der Waals surface area contributed by atoms with Crippen LogP contribution in [0.5, 0.6) is 0 Å². The van der Waals surface area contributed by atoms with Gasteiger partial charge in [0.25, 0.3) is 5.69 Å². The van der Waals surface area contributed by atoms with Gasteiger partial charge in [-0.3, -0.25) is 14.4 Å². The van der Waals surface area contributed by atoms with Gasteiger partial charge in [0, 0.05) is 60.4 Å². The summed E-state index contributed by atoms with van der Waals surface area (Å²) in [7, 11) is 1.21. The molecule has 6 nitrogen and oxygen atoms in total. The van der Waals surface area contributed by atoms with Gasteiger partial charge in [-0.05, 0) is 32.3 Å². The van der Waals surface area contributed by atoms with Crippen LogP contribution in [0.2, 0.25) is 0 Å². The minimum Gasteiger partial charge on any atom is -0.368 e. The van der Waals surface area contributed by atoms with Gasteiger partial charge in [-0.25, -0.2) is 0 Å². The molecule has 2 rings (SSSR count). The zero-order valence-electron chi connectivity index (χ0n) is 17.5. The number of hydrogen-bond donors (Lipinski definition) is 0. The van der Waals surface area contributed by atoms with E-state index in [-0.39, 0.29) is 5.69 Å². The smallest absolute Gasteiger partial charge is 0.368 e. The van der Waals surface area contributed by atoms with E-state index in [2.05, 4.69) is 41.1 Å². The van der Waals surface area contributed by atoms with Crippen molar-refractivity contribution in [2.75, 3.05) is 61.9 Å². The second kappa shape index (κ2) is 12.0. The molecule has 1 aromatic carbocycles. The molecule has 1 heterocycles. The molecular formula is C19H27Br2F3N4O2S. The molecule has 1 unspecified atom stereocenters. The summed E-state index contributed by atoms with van der Waals surface area (Å²) in [5.74, 6) is 0. The lowest BCUT2D eigenvalue weighted by Crippen LogP contribution is -2.31. The molecule has 0 radical (unpaired) electrons. The first-order valence-corrected chi connectivity index (χ1v) is 13.4. The highest BCUT2D eigenvalue weighted by Crippen LogP contribution is 2.47. The molecule has 1 aromatic rings. The zero-order chi connectivity index (χ0) is 23.2. The molecule has 1 aliphatic rings. The third kappa shape index (κ3) is 6.89. The van der Waals surface area contributed by atoms with Crippen LogP contribution in [0.15, 0.2) is 17.0 Å². The van der Waals surface area contributed by atoms with E-state index in [0.717, 1.165) is 26.1 Å². The average Bonchev–Trinajstić information content (AvgIpc) is 2.92. The summed E-state index contributed by atoms with van der Waals surface area (Å²) in [6.07, 6.45) is -3.83. The van der Waals surface area contributed by atoms with Crippen molar-refractivity contribution in [2.45, 2.75) is 24.4 Å². The predicted octanol–water partition coefficient (Wildman–Crippen LogP) is 5.21. The van der Waals surface area contributed by atoms with Gasteiger partial charge >= 0.3 is 6.18 Å². The van der Waals surface area contributed by atoms with Gasteiger partial charge in [-0.1, -0.05) is 42.5 Å². The van der Waals surface area contributed by atoms with Crippen LogP contribution in [0.3, 0.4) is 0 Å². The number of nitro groups is 1. The van der Waals surface area contributed by atoms with E-state index in [1.807, 2.05) is 19.3 Å². The van der Waals surface area contributed by atoms with E-state index in [9.17, 15) is 23.3 Å². The Morgan fingerprint density at radius 2 is 1.84 bits per heavy atom. The number of benzene rings is 1. The molecule has 1 fully saturated rings. The first kappa shape index (κ1) is 26.6. The minimum absolute atomic E-state index is 0.0380. The zero-order valence-corrected chi connectivity index (χ0v) is 21.5. The molecule has 0 aromatic heterocycles. The van der Waals surface area contributed by atoms with Crippen molar-refractivity contribution in [1.29, 1.82) is 0 Å². The van der Waals surface area contributed by atoms with Crippen molar-refractivity contribution in [3.8, 4) is 0 Å². The van der Waals surface area contributed by atoms with Crippen molar-refractivity contribution in [3.05, 3.63) is 27.8 Å². The van der Waals surface area contributed by atoms with Crippen molar-refractivity contribution in [2.24, 2.45) is 0 Å². The van der Waals surface area contributed by atoms with Crippen molar-refractivity contribution >= 4 is 59.3 Å². The SMILES string of the molecule is C/C=S(\c1cc([N+](=O)[O-])cc(C(F)(F)F)c1N(CCBr)CCBr)N1CCCN(C)CC1. The van der Waals surface area contributed by atoms with E-state index in [0.29, 0.717) is 41.3 Å². The first-order chi connectivity index (χ1) is 14.6. The summed E-state index contributed by atoms with van der Waals surface area (Å²) in [6, 6.07) is 2.00. The van der Waals surface area contributed by atoms with Crippen LogP contribution in [0.25, 0.3) is 0 Å². The number of anilines is 1. The monoisotopic (exact) mass is 590 g/mol. The van der Waals surface area contributed by atoms with E-state index >= 15 is 0 Å². The van der Waals surface area contributed by atoms with Gasteiger partial charge in [0.05, 0.1) is 16.2 Å². The first-order valence-electron chi connectivity index (χ1n) is 9.86. The van der Waals surface area contributed by atoms with E-state index < -0.39 is 33.0 Å². The molecular weight excluding hydrogens is 565 g/mol. The third-order valence-corrected chi connectivity index (χ3v) is 7.85. The Morgan fingerprint density at radius 3 is 2.35 bits per heavy atom. The Hall–Kier alpha value is -0.690. The Balaban J connectivity index is 2.77. The molecule has 1 atom stereocenters.